The number of aryl methyl sites for hydroxylation is 1. The van der Waals surface area contributed by atoms with Gasteiger partial charge in [0.2, 0.25) is 0 Å². The molecule has 4 nitrogen and oxygen atoms in total. The molecule has 0 bridgehead atoms. The topological polar surface area (TPSA) is 43.2 Å². The van der Waals surface area contributed by atoms with Crippen molar-refractivity contribution in [3.05, 3.63) is 70.2 Å². The van der Waals surface area contributed by atoms with Gasteiger partial charge in [-0.05, 0) is 48.4 Å². The van der Waals surface area contributed by atoms with Gasteiger partial charge < -0.3 is 9.47 Å². The first-order valence-electron chi connectivity index (χ1n) is 10.3. The molecule has 2 aliphatic rings. The van der Waals surface area contributed by atoms with E-state index in [-0.39, 0.29) is 12.1 Å². The number of nitrogens with zero attached hydrogens (tertiary/aromatic N) is 2. The molecule has 3 atom stereocenters. The van der Waals surface area contributed by atoms with Gasteiger partial charge in [-0.1, -0.05) is 61.0 Å². The van der Waals surface area contributed by atoms with Crippen molar-refractivity contribution in [1.82, 2.24) is 0 Å². The summed E-state index contributed by atoms with van der Waals surface area (Å²) in [5.41, 5.74) is 3.53. The van der Waals surface area contributed by atoms with E-state index in [9.17, 15) is 0 Å². The summed E-state index contributed by atoms with van der Waals surface area (Å²) in [5, 5.41) is 0.765. The average molecular weight is 411 g/mol. The first kappa shape index (κ1) is 20.0. The van der Waals surface area contributed by atoms with E-state index in [1.165, 1.54) is 5.56 Å². The summed E-state index contributed by atoms with van der Waals surface area (Å²) >= 11 is 6.25. The molecule has 2 aromatic rings. The Hall–Kier alpha value is -2.33. The highest BCUT2D eigenvalue weighted by atomic mass is 35.5. The summed E-state index contributed by atoms with van der Waals surface area (Å²) in [6, 6.07) is 16.9. The molecule has 2 aromatic carbocycles. The number of hydrogen-bond donors (Lipinski definition) is 0. The van der Waals surface area contributed by atoms with Crippen LogP contribution in [0, 0.1) is 6.92 Å². The molecule has 4 rings (SSSR count). The summed E-state index contributed by atoms with van der Waals surface area (Å²) in [6.45, 7) is 5.41. The quantitative estimate of drug-likeness (QED) is 0.571. The molecule has 0 saturated carbocycles. The molecular weight excluding hydrogens is 384 g/mol. The van der Waals surface area contributed by atoms with Gasteiger partial charge in [0.15, 0.2) is 11.8 Å². The maximum Gasteiger partial charge on any atom is 0.193 e. The molecule has 29 heavy (non-hydrogen) atoms. The molecule has 3 unspecified atom stereocenters. The minimum atomic E-state index is -0.0107. The minimum Gasteiger partial charge on any atom is -0.478 e. The maximum absolute atomic E-state index is 6.25. The van der Waals surface area contributed by atoms with Gasteiger partial charge >= 0.3 is 0 Å². The van der Waals surface area contributed by atoms with Crippen LogP contribution >= 0.6 is 11.6 Å². The number of aliphatic imine (C=N–C) groups is 2. The van der Waals surface area contributed by atoms with Crippen LogP contribution in [0.15, 0.2) is 58.5 Å². The Balaban J connectivity index is 1.37. The van der Waals surface area contributed by atoms with Crippen LogP contribution in [0.2, 0.25) is 5.02 Å². The van der Waals surface area contributed by atoms with Crippen LogP contribution in [0.3, 0.4) is 0 Å². The summed E-state index contributed by atoms with van der Waals surface area (Å²) in [4.78, 5) is 9.52. The molecule has 0 aliphatic carbocycles. The SMILES string of the molecule is CCC(CC1COC(CC2=NC(c3ccc(C)c(Cl)c3)CO2)=N1)c1ccccc1. The summed E-state index contributed by atoms with van der Waals surface area (Å²) in [7, 11) is 0. The smallest absolute Gasteiger partial charge is 0.193 e. The second kappa shape index (κ2) is 9.00. The molecule has 0 saturated heterocycles. The Morgan fingerprint density at radius 2 is 1.79 bits per heavy atom. The van der Waals surface area contributed by atoms with Crippen molar-refractivity contribution in [2.75, 3.05) is 13.2 Å². The van der Waals surface area contributed by atoms with E-state index in [2.05, 4.69) is 43.3 Å². The molecule has 0 fully saturated rings. The van der Waals surface area contributed by atoms with Crippen molar-refractivity contribution in [3.8, 4) is 0 Å². The van der Waals surface area contributed by atoms with Gasteiger partial charge in [-0.3, -0.25) is 0 Å². The average Bonchev–Trinajstić information content (AvgIpc) is 3.39. The van der Waals surface area contributed by atoms with Gasteiger partial charge in [-0.25, -0.2) is 9.98 Å². The summed E-state index contributed by atoms with van der Waals surface area (Å²) in [5.74, 6) is 1.93. The number of halogens is 1. The fourth-order valence-corrected chi connectivity index (χ4v) is 4.11. The molecule has 152 valence electrons. The van der Waals surface area contributed by atoms with E-state index in [1.54, 1.807) is 0 Å². The van der Waals surface area contributed by atoms with Crippen LogP contribution in [-0.2, 0) is 9.47 Å². The largest absolute Gasteiger partial charge is 0.478 e. The standard InChI is InChI=1S/C24H27ClN2O2/c1-3-17(18-7-5-4-6-8-18)11-20-14-28-23(26-20)13-24-27-22(15-29-24)19-10-9-16(2)21(25)12-19/h4-10,12,17,20,22H,3,11,13-15H2,1-2H3. The molecule has 5 heteroatoms. The van der Waals surface area contributed by atoms with E-state index >= 15 is 0 Å². The Morgan fingerprint density at radius 1 is 1.03 bits per heavy atom. The van der Waals surface area contributed by atoms with E-state index in [4.69, 9.17) is 31.1 Å². The monoisotopic (exact) mass is 410 g/mol. The number of ether oxygens (including phenoxy) is 2. The lowest BCUT2D eigenvalue weighted by Crippen LogP contribution is -2.12. The van der Waals surface area contributed by atoms with Gasteiger partial charge in [0.1, 0.15) is 19.3 Å². The van der Waals surface area contributed by atoms with Gasteiger partial charge in [0, 0.05) is 5.02 Å². The number of hydrogen-bond acceptors (Lipinski definition) is 4. The Bertz CT molecular complexity index is 910. The van der Waals surface area contributed by atoms with E-state index in [1.807, 2.05) is 19.1 Å². The van der Waals surface area contributed by atoms with Crippen molar-refractivity contribution >= 4 is 23.4 Å². The fraction of sp³-hybridized carbons (Fsp3) is 0.417. The molecule has 0 radical (unpaired) electrons. The molecule has 0 aromatic heterocycles. The van der Waals surface area contributed by atoms with Gasteiger partial charge in [-0.2, -0.15) is 0 Å². The molecule has 0 amide bonds. The zero-order valence-electron chi connectivity index (χ0n) is 17.0. The van der Waals surface area contributed by atoms with Gasteiger partial charge in [-0.15, -0.1) is 0 Å². The van der Waals surface area contributed by atoms with Crippen LogP contribution in [-0.4, -0.2) is 31.1 Å². The van der Waals surface area contributed by atoms with E-state index in [0.29, 0.717) is 31.5 Å². The third-order valence-electron chi connectivity index (χ3n) is 5.68. The van der Waals surface area contributed by atoms with Crippen molar-refractivity contribution in [2.24, 2.45) is 9.98 Å². The highest BCUT2D eigenvalue weighted by molar-refractivity contribution is 6.31. The Labute approximate surface area is 177 Å². The van der Waals surface area contributed by atoms with Crippen LogP contribution in [0.1, 0.15) is 54.8 Å². The number of rotatable bonds is 7. The Kier molecular flexibility index (Phi) is 6.19. The van der Waals surface area contributed by atoms with E-state index in [0.717, 1.165) is 34.9 Å². The molecule has 0 spiro atoms. The lowest BCUT2D eigenvalue weighted by molar-refractivity contribution is 0.292. The predicted molar refractivity (Wildman–Crippen MR) is 118 cm³/mol. The van der Waals surface area contributed by atoms with Crippen LogP contribution in [0.5, 0.6) is 0 Å². The van der Waals surface area contributed by atoms with Crippen molar-refractivity contribution in [2.45, 2.75) is 51.1 Å². The lowest BCUT2D eigenvalue weighted by Gasteiger charge is -2.17. The van der Waals surface area contributed by atoms with Gasteiger partial charge in [0.05, 0.1) is 12.5 Å². The second-order valence-corrected chi connectivity index (χ2v) is 8.18. The van der Waals surface area contributed by atoms with Crippen molar-refractivity contribution < 1.29 is 9.47 Å². The molecular formula is C24H27ClN2O2. The predicted octanol–water partition coefficient (Wildman–Crippen LogP) is 5.89. The third kappa shape index (κ3) is 4.81. The lowest BCUT2D eigenvalue weighted by atomic mass is 9.90. The van der Waals surface area contributed by atoms with Crippen molar-refractivity contribution in [1.29, 1.82) is 0 Å². The van der Waals surface area contributed by atoms with Crippen LogP contribution < -0.4 is 0 Å². The molecule has 0 N–H and O–H groups in total. The second-order valence-electron chi connectivity index (χ2n) is 7.77. The molecule has 2 aliphatic heterocycles. The number of benzene rings is 2. The van der Waals surface area contributed by atoms with Crippen LogP contribution in [0.25, 0.3) is 0 Å². The van der Waals surface area contributed by atoms with Crippen LogP contribution in [0.4, 0.5) is 0 Å². The highest BCUT2D eigenvalue weighted by Crippen LogP contribution is 2.30. The zero-order chi connectivity index (χ0) is 20.2. The highest BCUT2D eigenvalue weighted by Gasteiger charge is 2.27. The zero-order valence-corrected chi connectivity index (χ0v) is 17.7. The summed E-state index contributed by atoms with van der Waals surface area (Å²) < 4.78 is 11.7. The van der Waals surface area contributed by atoms with Gasteiger partial charge in [0.25, 0.3) is 0 Å². The fourth-order valence-electron chi connectivity index (χ4n) is 3.92. The normalized spacial score (nSPS) is 21.9. The first-order valence-corrected chi connectivity index (χ1v) is 10.7. The third-order valence-corrected chi connectivity index (χ3v) is 6.09. The maximum atomic E-state index is 6.25. The molecule has 2 heterocycles. The summed E-state index contributed by atoms with van der Waals surface area (Å²) in [6.07, 6.45) is 2.62. The van der Waals surface area contributed by atoms with Crippen molar-refractivity contribution in [3.63, 3.8) is 0 Å². The Morgan fingerprint density at radius 3 is 2.55 bits per heavy atom. The van der Waals surface area contributed by atoms with E-state index < -0.39 is 0 Å². The first-order chi connectivity index (χ1) is 14.1. The minimum absolute atomic E-state index is 0.0107.